The number of hydrazone groups is 1. The predicted octanol–water partition coefficient (Wildman–Crippen LogP) is 2.15. The first-order chi connectivity index (χ1) is 11.3. The molecule has 0 saturated carbocycles. The maximum Gasteiger partial charge on any atom is 0.211 e. The molecule has 3 N–H and O–H groups in total. The van der Waals surface area contributed by atoms with Crippen LogP contribution in [0, 0.1) is 6.92 Å². The highest BCUT2D eigenvalue weighted by Crippen LogP contribution is 2.11. The fourth-order valence-electron chi connectivity index (χ4n) is 1.81. The summed E-state index contributed by atoms with van der Waals surface area (Å²) in [6.45, 7) is 2.74. The van der Waals surface area contributed by atoms with E-state index >= 15 is 0 Å². The van der Waals surface area contributed by atoms with Gasteiger partial charge in [-0.15, -0.1) is 0 Å². The van der Waals surface area contributed by atoms with Crippen molar-refractivity contribution < 1.29 is 0 Å². The molecule has 1 aromatic heterocycles. The van der Waals surface area contributed by atoms with E-state index < -0.39 is 0 Å². The van der Waals surface area contributed by atoms with Gasteiger partial charge in [0.2, 0.25) is 5.96 Å². The van der Waals surface area contributed by atoms with Gasteiger partial charge in [0, 0.05) is 24.2 Å². The Morgan fingerprint density at radius 2 is 2.17 bits per heavy atom. The van der Waals surface area contributed by atoms with E-state index in [9.17, 15) is 0 Å². The number of aliphatic imine (C=N–C) groups is 1. The van der Waals surface area contributed by atoms with Gasteiger partial charge in [0.15, 0.2) is 0 Å². The molecular formula is C16H22N6S. The largest absolute Gasteiger partial charge is 0.358 e. The third kappa shape index (κ3) is 6.15. The molecular weight excluding hydrogens is 308 g/mol. The first-order valence-electron chi connectivity index (χ1n) is 7.42. The second-order valence-corrected chi connectivity index (χ2v) is 5.89. The molecule has 1 aromatic carbocycles. The standard InChI is InChI=1S/C16H22N6S/c1-13-15(20-12-19-13)11-23-9-8-18-16(17-2)22-21-10-14-6-4-3-5-7-14/h3-7,10,12H,8-9,11H2,1-2H3,(H,19,20)(H2,17,18,22). The van der Waals surface area contributed by atoms with Gasteiger partial charge in [-0.1, -0.05) is 30.3 Å². The zero-order valence-corrected chi connectivity index (χ0v) is 14.2. The number of aromatic amines is 1. The molecule has 0 amide bonds. The Labute approximate surface area is 140 Å². The van der Waals surface area contributed by atoms with Gasteiger partial charge in [0.1, 0.15) is 0 Å². The minimum atomic E-state index is 0.663. The number of benzene rings is 1. The maximum atomic E-state index is 4.45. The number of H-pyrrole nitrogens is 1. The average molecular weight is 330 g/mol. The lowest BCUT2D eigenvalue weighted by Crippen LogP contribution is -2.31. The lowest BCUT2D eigenvalue weighted by Gasteiger charge is -2.04. The zero-order chi connectivity index (χ0) is 16.3. The van der Waals surface area contributed by atoms with Crippen molar-refractivity contribution in [2.45, 2.75) is 12.7 Å². The molecule has 0 spiro atoms. The van der Waals surface area contributed by atoms with E-state index in [1.165, 1.54) is 5.69 Å². The number of nitrogens with one attached hydrogen (secondary N) is 3. The van der Waals surface area contributed by atoms with Crippen LogP contribution in [0.3, 0.4) is 0 Å². The molecule has 122 valence electrons. The topological polar surface area (TPSA) is 77.5 Å². The summed E-state index contributed by atoms with van der Waals surface area (Å²) in [5, 5.41) is 7.18. The molecule has 7 heteroatoms. The molecule has 0 saturated heterocycles. The number of guanidine groups is 1. The number of thioether (sulfide) groups is 1. The van der Waals surface area contributed by atoms with Gasteiger partial charge in [0.25, 0.3) is 0 Å². The number of hydrogen-bond acceptors (Lipinski definition) is 4. The summed E-state index contributed by atoms with van der Waals surface area (Å²) in [6, 6.07) is 9.93. The highest BCUT2D eigenvalue weighted by Gasteiger charge is 2.00. The van der Waals surface area contributed by atoms with E-state index in [1.54, 1.807) is 12.5 Å². The number of aryl methyl sites for hydroxylation is 1. The third-order valence-corrected chi connectivity index (χ3v) is 4.07. The van der Waals surface area contributed by atoms with Crippen LogP contribution in [0.5, 0.6) is 0 Å². The minimum absolute atomic E-state index is 0.663. The molecule has 6 nitrogen and oxygen atoms in total. The van der Waals surface area contributed by atoms with Crippen LogP contribution in [0.2, 0.25) is 0 Å². The van der Waals surface area contributed by atoms with Crippen molar-refractivity contribution in [3.8, 4) is 0 Å². The van der Waals surface area contributed by atoms with Crippen molar-refractivity contribution in [1.82, 2.24) is 20.7 Å². The summed E-state index contributed by atoms with van der Waals surface area (Å²) in [5.41, 5.74) is 6.20. The van der Waals surface area contributed by atoms with Gasteiger partial charge in [-0.25, -0.2) is 10.4 Å². The van der Waals surface area contributed by atoms with Crippen LogP contribution in [0.1, 0.15) is 17.0 Å². The van der Waals surface area contributed by atoms with Crippen molar-refractivity contribution in [3.05, 3.63) is 53.6 Å². The van der Waals surface area contributed by atoms with E-state index in [-0.39, 0.29) is 0 Å². The molecule has 2 aromatic rings. The van der Waals surface area contributed by atoms with Crippen molar-refractivity contribution in [1.29, 1.82) is 0 Å². The molecule has 0 aliphatic carbocycles. The van der Waals surface area contributed by atoms with Crippen LogP contribution in [0.25, 0.3) is 0 Å². The molecule has 0 aliphatic heterocycles. The van der Waals surface area contributed by atoms with Gasteiger partial charge >= 0.3 is 0 Å². The second kappa shape index (κ2) is 9.68. The highest BCUT2D eigenvalue weighted by atomic mass is 32.2. The van der Waals surface area contributed by atoms with E-state index in [0.717, 1.165) is 29.3 Å². The van der Waals surface area contributed by atoms with Gasteiger partial charge in [-0.05, 0) is 12.5 Å². The predicted molar refractivity (Wildman–Crippen MR) is 98.0 cm³/mol. The highest BCUT2D eigenvalue weighted by molar-refractivity contribution is 7.98. The lowest BCUT2D eigenvalue weighted by molar-refractivity contribution is 0.924. The third-order valence-electron chi connectivity index (χ3n) is 3.11. The fraction of sp³-hybridized carbons (Fsp3) is 0.312. The van der Waals surface area contributed by atoms with Gasteiger partial charge in [-0.2, -0.15) is 16.9 Å². The Morgan fingerprint density at radius 3 is 2.87 bits per heavy atom. The van der Waals surface area contributed by atoms with E-state index in [0.29, 0.717) is 5.96 Å². The molecule has 0 bridgehead atoms. The molecule has 1 heterocycles. The Morgan fingerprint density at radius 1 is 1.35 bits per heavy atom. The number of aromatic nitrogens is 2. The van der Waals surface area contributed by atoms with Crippen LogP contribution in [0.4, 0.5) is 0 Å². The summed E-state index contributed by atoms with van der Waals surface area (Å²) in [4.78, 5) is 11.8. The van der Waals surface area contributed by atoms with Crippen molar-refractivity contribution in [2.75, 3.05) is 19.3 Å². The number of nitrogens with zero attached hydrogens (tertiary/aromatic N) is 3. The summed E-state index contributed by atoms with van der Waals surface area (Å²) < 4.78 is 0. The Balaban J connectivity index is 1.69. The smallest absolute Gasteiger partial charge is 0.211 e. The second-order valence-electron chi connectivity index (χ2n) is 4.78. The minimum Gasteiger partial charge on any atom is -0.358 e. The number of hydrogen-bond donors (Lipinski definition) is 3. The Kier molecular flexibility index (Phi) is 7.19. The Bertz CT molecular complexity index is 635. The molecule has 0 aliphatic rings. The van der Waals surface area contributed by atoms with E-state index in [2.05, 4.69) is 30.8 Å². The van der Waals surface area contributed by atoms with E-state index in [1.807, 2.05) is 56.1 Å². The summed E-state index contributed by atoms with van der Waals surface area (Å²) >= 11 is 1.83. The van der Waals surface area contributed by atoms with Gasteiger partial charge in [-0.3, -0.25) is 4.99 Å². The van der Waals surface area contributed by atoms with Gasteiger partial charge in [0.05, 0.1) is 24.8 Å². The quantitative estimate of drug-likeness (QED) is 0.315. The maximum absolute atomic E-state index is 4.45. The van der Waals surface area contributed by atoms with Crippen LogP contribution >= 0.6 is 11.8 Å². The fourth-order valence-corrected chi connectivity index (χ4v) is 2.67. The molecule has 0 atom stereocenters. The molecule has 0 fully saturated rings. The molecule has 23 heavy (non-hydrogen) atoms. The summed E-state index contributed by atoms with van der Waals surface area (Å²) in [7, 11) is 1.82. The van der Waals surface area contributed by atoms with Crippen LogP contribution in [0.15, 0.2) is 46.8 Å². The monoisotopic (exact) mass is 330 g/mol. The van der Waals surface area contributed by atoms with Crippen LogP contribution in [-0.2, 0) is 5.75 Å². The molecule has 0 radical (unpaired) electrons. The lowest BCUT2D eigenvalue weighted by atomic mass is 10.2. The molecule has 0 unspecified atom stereocenters. The van der Waals surface area contributed by atoms with E-state index in [4.69, 9.17) is 0 Å². The van der Waals surface area contributed by atoms with Crippen molar-refractivity contribution >= 4 is 23.9 Å². The normalized spacial score (nSPS) is 11.8. The van der Waals surface area contributed by atoms with Crippen molar-refractivity contribution in [2.24, 2.45) is 10.1 Å². The van der Waals surface area contributed by atoms with Crippen LogP contribution < -0.4 is 10.7 Å². The number of rotatable bonds is 7. The average Bonchev–Trinajstić information content (AvgIpc) is 2.99. The first-order valence-corrected chi connectivity index (χ1v) is 8.58. The molecule has 2 rings (SSSR count). The summed E-state index contributed by atoms with van der Waals surface area (Å²) in [5.74, 6) is 2.53. The number of imidazole rings is 1. The summed E-state index contributed by atoms with van der Waals surface area (Å²) in [6.07, 6.45) is 3.50. The SMILES string of the molecule is CNC(=NCCSCc1[nH]cnc1C)NN=Cc1ccccc1. The van der Waals surface area contributed by atoms with Gasteiger partial charge < -0.3 is 10.3 Å². The first kappa shape index (κ1) is 17.1. The zero-order valence-electron chi connectivity index (χ0n) is 13.4. The Hall–Kier alpha value is -2.28. The van der Waals surface area contributed by atoms with Crippen LogP contribution in [-0.4, -0.2) is 41.5 Å². The van der Waals surface area contributed by atoms with Crippen molar-refractivity contribution in [3.63, 3.8) is 0 Å².